The maximum absolute atomic E-state index is 13.4. The number of phenols is 3. The first-order valence-electron chi connectivity index (χ1n) is 25.9. The zero-order valence-corrected chi connectivity index (χ0v) is 44.0. The third-order valence-electron chi connectivity index (χ3n) is 17.0. The van der Waals surface area contributed by atoms with E-state index in [2.05, 4.69) is 85.1 Å². The predicted octanol–water partition coefficient (Wildman–Crippen LogP) is 14.5. The summed E-state index contributed by atoms with van der Waals surface area (Å²) in [6.07, 6.45) is 17.1. The fraction of sp³-hybridized carbons (Fsp3) is 0.361. The van der Waals surface area contributed by atoms with Gasteiger partial charge in [0.25, 0.3) is 0 Å². The molecule has 72 heavy (non-hydrogen) atoms. The van der Waals surface area contributed by atoms with Gasteiger partial charge >= 0.3 is 0 Å². The van der Waals surface area contributed by atoms with E-state index < -0.39 is 16.2 Å². The highest BCUT2D eigenvalue weighted by Crippen LogP contribution is 2.57. The van der Waals surface area contributed by atoms with Crippen LogP contribution in [0.15, 0.2) is 136 Å². The van der Waals surface area contributed by atoms with Crippen molar-refractivity contribution in [1.82, 2.24) is 0 Å². The first-order chi connectivity index (χ1) is 34.9. The SMILES string of the molecule is Cc1cccc2c1NC(=O)C2(c1ccc(O)cc1)C1CCCCCC1.O=C1Nc2c(Br)cccc2C1(c1ccc(O)cc1)C1CCCC1.O=C1Nc2c(Br)cccc2C1(c1ccc(O)cc1)C1CCCCC1. The summed E-state index contributed by atoms with van der Waals surface area (Å²) in [6.45, 7) is 2.05. The Morgan fingerprint density at radius 2 is 0.667 bits per heavy atom. The molecule has 3 heterocycles. The van der Waals surface area contributed by atoms with Gasteiger partial charge in [0.1, 0.15) is 33.5 Å². The van der Waals surface area contributed by atoms with Gasteiger partial charge < -0.3 is 31.3 Å². The summed E-state index contributed by atoms with van der Waals surface area (Å²) in [5, 5.41) is 38.5. The molecule has 0 saturated heterocycles. The van der Waals surface area contributed by atoms with Gasteiger partial charge in [0, 0.05) is 14.6 Å². The van der Waals surface area contributed by atoms with Gasteiger partial charge in [-0.15, -0.1) is 0 Å². The van der Waals surface area contributed by atoms with Crippen LogP contribution in [-0.4, -0.2) is 33.0 Å². The Balaban J connectivity index is 0.000000124. The maximum Gasteiger partial charge on any atom is 0.239 e. The van der Waals surface area contributed by atoms with E-state index in [9.17, 15) is 29.7 Å². The average molecular weight is 1090 g/mol. The van der Waals surface area contributed by atoms with E-state index in [1.165, 1.54) is 57.8 Å². The van der Waals surface area contributed by atoms with Crippen molar-refractivity contribution in [3.63, 3.8) is 0 Å². The molecule has 3 aliphatic heterocycles. The predicted molar refractivity (Wildman–Crippen MR) is 292 cm³/mol. The van der Waals surface area contributed by atoms with Gasteiger partial charge in [-0.25, -0.2) is 0 Å². The number of aryl methyl sites for hydroxylation is 1. The first-order valence-corrected chi connectivity index (χ1v) is 27.5. The van der Waals surface area contributed by atoms with E-state index in [0.717, 1.165) is 103 Å². The highest BCUT2D eigenvalue weighted by molar-refractivity contribution is 9.11. The highest BCUT2D eigenvalue weighted by Gasteiger charge is 2.56. The molecule has 6 aliphatic rings. The van der Waals surface area contributed by atoms with Gasteiger partial charge in [-0.2, -0.15) is 0 Å². The molecule has 11 heteroatoms. The van der Waals surface area contributed by atoms with Crippen LogP contribution in [0.1, 0.15) is 135 Å². The van der Waals surface area contributed by atoms with E-state index in [-0.39, 0.29) is 40.9 Å². The van der Waals surface area contributed by atoms with Gasteiger partial charge in [-0.3, -0.25) is 14.4 Å². The molecule has 6 aromatic carbocycles. The van der Waals surface area contributed by atoms with Crippen LogP contribution in [0, 0.1) is 24.7 Å². The van der Waals surface area contributed by atoms with Crippen molar-refractivity contribution in [2.45, 2.75) is 119 Å². The van der Waals surface area contributed by atoms with Crippen LogP contribution in [0.2, 0.25) is 0 Å². The second-order valence-corrected chi connectivity index (χ2v) is 22.5. The van der Waals surface area contributed by atoms with Crippen LogP contribution in [0.25, 0.3) is 0 Å². The molecule has 3 aliphatic carbocycles. The number of nitrogens with one attached hydrogen (secondary N) is 3. The molecule has 0 bridgehead atoms. The van der Waals surface area contributed by atoms with Crippen LogP contribution in [0.4, 0.5) is 17.1 Å². The minimum Gasteiger partial charge on any atom is -0.508 e. The topological polar surface area (TPSA) is 148 Å². The lowest BCUT2D eigenvalue weighted by Gasteiger charge is -2.39. The van der Waals surface area contributed by atoms with Crippen LogP contribution >= 0.6 is 31.9 Å². The minimum atomic E-state index is -0.659. The molecule has 0 spiro atoms. The smallest absolute Gasteiger partial charge is 0.239 e. The molecule has 6 aromatic rings. The number of phenolic OH excluding ortho intramolecular Hbond substituents is 3. The molecule has 0 aromatic heterocycles. The quantitative estimate of drug-likeness (QED) is 0.0916. The van der Waals surface area contributed by atoms with Crippen LogP contribution in [-0.2, 0) is 30.6 Å². The first kappa shape index (κ1) is 49.7. The van der Waals surface area contributed by atoms with Crippen LogP contribution in [0.3, 0.4) is 0 Å². The van der Waals surface area contributed by atoms with E-state index >= 15 is 0 Å². The van der Waals surface area contributed by atoms with Crippen LogP contribution < -0.4 is 16.0 Å². The average Bonchev–Trinajstić information content (AvgIpc) is 4.12. The van der Waals surface area contributed by atoms with E-state index in [1.54, 1.807) is 36.4 Å². The standard InChI is InChI=1S/C22H25NO2.C20H20BrNO2.C19H18BrNO2/c1-15-7-6-10-19-20(15)23-21(25)22(19,16-8-4-2-3-5-9-16)17-11-13-18(24)14-12-17;21-17-8-4-7-16-18(17)22-19(24)20(16,13-5-2-1-3-6-13)14-9-11-15(23)12-10-14;20-16-7-3-6-15-17(16)21-18(23)19(15,12-4-1-2-5-12)13-8-10-14(22)11-9-13/h6-7,10-14,16,24H,2-5,8-9H2,1H3,(H,23,25);4,7-13,23H,1-3,5-6H2,(H,22,24);3,6-12,22H,1-2,4-5H2,(H,21,23). The lowest BCUT2D eigenvalue weighted by atomic mass is 9.62. The number of hydrogen-bond donors (Lipinski definition) is 6. The zero-order chi connectivity index (χ0) is 50.2. The Morgan fingerprint density at radius 3 is 1.01 bits per heavy atom. The van der Waals surface area contributed by atoms with E-state index in [0.29, 0.717) is 11.8 Å². The van der Waals surface area contributed by atoms with Gasteiger partial charge in [0.15, 0.2) is 0 Å². The Labute approximate surface area is 439 Å². The Bertz CT molecular complexity index is 2980. The molecule has 3 unspecified atom stereocenters. The van der Waals surface area contributed by atoms with Crippen molar-refractivity contribution < 1.29 is 29.7 Å². The second kappa shape index (κ2) is 20.5. The molecule has 12 rings (SSSR count). The number of carbonyl (C=O) groups is 3. The molecule has 9 nitrogen and oxygen atoms in total. The summed E-state index contributed by atoms with van der Waals surface area (Å²) < 4.78 is 1.84. The third-order valence-corrected chi connectivity index (χ3v) is 18.3. The van der Waals surface area contributed by atoms with Crippen molar-refractivity contribution in [3.05, 3.63) is 175 Å². The fourth-order valence-corrected chi connectivity index (χ4v) is 14.6. The number of rotatable bonds is 6. The van der Waals surface area contributed by atoms with Gasteiger partial charge in [-0.05, 0) is 183 Å². The molecule has 3 atom stereocenters. The number of para-hydroxylation sites is 3. The molecule has 3 saturated carbocycles. The number of halogens is 2. The molecule has 3 fully saturated rings. The lowest BCUT2D eigenvalue weighted by molar-refractivity contribution is -0.122. The van der Waals surface area contributed by atoms with Gasteiger partial charge in [-0.1, -0.05) is 137 Å². The van der Waals surface area contributed by atoms with Crippen molar-refractivity contribution in [2.75, 3.05) is 16.0 Å². The molecular weight excluding hydrogens is 1030 g/mol. The number of benzene rings is 6. The Kier molecular flexibility index (Phi) is 14.2. The summed E-state index contributed by atoms with van der Waals surface area (Å²) in [5.41, 5.74) is 8.07. The molecule has 372 valence electrons. The lowest BCUT2D eigenvalue weighted by Crippen LogP contribution is -2.43. The minimum absolute atomic E-state index is 0.0528. The number of aromatic hydroxyl groups is 3. The zero-order valence-electron chi connectivity index (χ0n) is 40.8. The fourth-order valence-electron chi connectivity index (χ4n) is 13.7. The largest absolute Gasteiger partial charge is 0.508 e. The maximum atomic E-state index is 13.4. The Morgan fingerprint density at radius 1 is 0.389 bits per heavy atom. The van der Waals surface area contributed by atoms with E-state index in [4.69, 9.17) is 0 Å². The summed E-state index contributed by atoms with van der Waals surface area (Å²) in [5.74, 6) is 1.76. The van der Waals surface area contributed by atoms with Crippen molar-refractivity contribution >= 4 is 66.6 Å². The van der Waals surface area contributed by atoms with Crippen molar-refractivity contribution in [1.29, 1.82) is 0 Å². The van der Waals surface area contributed by atoms with Crippen LogP contribution in [0.5, 0.6) is 17.2 Å². The van der Waals surface area contributed by atoms with Crippen molar-refractivity contribution in [3.8, 4) is 17.2 Å². The number of amides is 3. The number of hydrogen-bond acceptors (Lipinski definition) is 6. The molecule has 3 amide bonds. The van der Waals surface area contributed by atoms with Gasteiger partial charge in [0.2, 0.25) is 17.7 Å². The Hall–Kier alpha value is -5.91. The summed E-state index contributed by atoms with van der Waals surface area (Å²) >= 11 is 7.14. The molecule has 6 N–H and O–H groups in total. The number of anilines is 3. The van der Waals surface area contributed by atoms with E-state index in [1.807, 2.05) is 60.7 Å². The van der Waals surface area contributed by atoms with Crippen molar-refractivity contribution in [2.24, 2.45) is 17.8 Å². The van der Waals surface area contributed by atoms with Gasteiger partial charge in [0.05, 0.1) is 11.4 Å². The summed E-state index contributed by atoms with van der Waals surface area (Å²) in [6, 6.07) is 39.8. The highest BCUT2D eigenvalue weighted by atomic mass is 79.9. The number of fused-ring (bicyclic) bond motifs is 3. The monoisotopic (exact) mass is 1090 g/mol. The summed E-state index contributed by atoms with van der Waals surface area (Å²) in [7, 11) is 0. The molecule has 0 radical (unpaired) electrons. The second-order valence-electron chi connectivity index (χ2n) is 20.8. The summed E-state index contributed by atoms with van der Waals surface area (Å²) in [4.78, 5) is 39.9. The normalized spacial score (nSPS) is 23.8. The molecular formula is C61H63Br2N3O6. The number of carbonyl (C=O) groups excluding carboxylic acids is 3. The third kappa shape index (κ3) is 8.42.